The van der Waals surface area contributed by atoms with Crippen LogP contribution in [0.2, 0.25) is 0 Å². The molecule has 0 spiro atoms. The van der Waals surface area contributed by atoms with Gasteiger partial charge in [-0.25, -0.2) is 0 Å². The predicted octanol–water partition coefficient (Wildman–Crippen LogP) is 3.90. The smallest absolute Gasteiger partial charge is 0.191 e. The Labute approximate surface area is 191 Å². The molecule has 1 aromatic heterocycles. The van der Waals surface area contributed by atoms with Crippen LogP contribution in [-0.2, 0) is 19.6 Å². The number of rotatable bonds is 10. The summed E-state index contributed by atoms with van der Waals surface area (Å²) in [6.07, 6.45) is 3.99. The van der Waals surface area contributed by atoms with Gasteiger partial charge in [0.05, 0.1) is 13.2 Å². The lowest BCUT2D eigenvalue weighted by atomic mass is 10.1. The van der Waals surface area contributed by atoms with Gasteiger partial charge in [0.1, 0.15) is 12.1 Å². The molecular formula is C21H35IN6O. The molecule has 1 heterocycles. The molecule has 0 fully saturated rings. The first-order valence-electron chi connectivity index (χ1n) is 10.1. The number of benzene rings is 1. The van der Waals surface area contributed by atoms with Crippen molar-refractivity contribution < 1.29 is 4.74 Å². The van der Waals surface area contributed by atoms with Crippen molar-refractivity contribution >= 4 is 29.9 Å². The largest absolute Gasteiger partial charge is 0.493 e. The second-order valence-corrected chi connectivity index (χ2v) is 7.31. The second-order valence-electron chi connectivity index (χ2n) is 7.31. The van der Waals surface area contributed by atoms with E-state index >= 15 is 0 Å². The van der Waals surface area contributed by atoms with E-state index in [2.05, 4.69) is 71.7 Å². The van der Waals surface area contributed by atoms with E-state index < -0.39 is 0 Å². The fourth-order valence-electron chi connectivity index (χ4n) is 2.86. The Balaban J connectivity index is 0.00000420. The first-order valence-corrected chi connectivity index (χ1v) is 10.1. The fourth-order valence-corrected chi connectivity index (χ4v) is 2.86. The minimum atomic E-state index is 0. The average molecular weight is 514 g/mol. The van der Waals surface area contributed by atoms with Crippen LogP contribution in [0.1, 0.15) is 50.6 Å². The van der Waals surface area contributed by atoms with E-state index in [9.17, 15) is 0 Å². The molecule has 1 aromatic carbocycles. The van der Waals surface area contributed by atoms with Crippen molar-refractivity contribution in [3.05, 3.63) is 41.5 Å². The molecule has 29 heavy (non-hydrogen) atoms. The van der Waals surface area contributed by atoms with Crippen molar-refractivity contribution in [3.63, 3.8) is 0 Å². The maximum absolute atomic E-state index is 6.06. The van der Waals surface area contributed by atoms with Gasteiger partial charge in [0, 0.05) is 25.7 Å². The summed E-state index contributed by atoms with van der Waals surface area (Å²) in [7, 11) is 1.76. The van der Waals surface area contributed by atoms with E-state index in [1.165, 1.54) is 12.0 Å². The van der Waals surface area contributed by atoms with Crippen molar-refractivity contribution in [2.24, 2.45) is 10.9 Å². The first kappa shape index (κ1) is 25.2. The molecular weight excluding hydrogens is 479 g/mol. The van der Waals surface area contributed by atoms with Crippen LogP contribution in [0.5, 0.6) is 5.75 Å². The molecule has 2 N–H and O–H groups in total. The van der Waals surface area contributed by atoms with Gasteiger partial charge in [0.25, 0.3) is 0 Å². The molecule has 0 bridgehead atoms. The SMILES string of the molecule is CCn1cnnc1CNC(=NC)NCc1ccc(C)cc1OCCCC(C)C.I. The minimum absolute atomic E-state index is 0. The number of ether oxygens (including phenoxy) is 1. The highest BCUT2D eigenvalue weighted by Crippen LogP contribution is 2.21. The van der Waals surface area contributed by atoms with Gasteiger partial charge in [-0.15, -0.1) is 34.2 Å². The van der Waals surface area contributed by atoms with Crippen LogP contribution in [0, 0.1) is 12.8 Å². The molecule has 0 aliphatic rings. The van der Waals surface area contributed by atoms with Crippen molar-refractivity contribution in [1.82, 2.24) is 25.4 Å². The first-order chi connectivity index (χ1) is 13.5. The quantitative estimate of drug-likeness (QED) is 0.218. The van der Waals surface area contributed by atoms with Crippen molar-refractivity contribution in [2.45, 2.75) is 60.2 Å². The van der Waals surface area contributed by atoms with E-state index in [4.69, 9.17) is 4.74 Å². The normalized spacial score (nSPS) is 11.3. The van der Waals surface area contributed by atoms with E-state index in [0.717, 1.165) is 42.7 Å². The Hall–Kier alpha value is -1.84. The summed E-state index contributed by atoms with van der Waals surface area (Å²) in [6.45, 7) is 11.4. The number of aromatic nitrogens is 3. The molecule has 2 rings (SSSR count). The van der Waals surface area contributed by atoms with Gasteiger partial charge < -0.3 is 19.9 Å². The number of hydrogen-bond donors (Lipinski definition) is 2. The number of aryl methyl sites for hydroxylation is 2. The van der Waals surface area contributed by atoms with E-state index in [0.29, 0.717) is 19.0 Å². The lowest BCUT2D eigenvalue weighted by Crippen LogP contribution is -2.37. The lowest BCUT2D eigenvalue weighted by Gasteiger charge is -2.16. The number of aliphatic imine (C=N–C) groups is 1. The van der Waals surface area contributed by atoms with Crippen LogP contribution in [0.15, 0.2) is 29.5 Å². The van der Waals surface area contributed by atoms with Crippen molar-refractivity contribution in [1.29, 1.82) is 0 Å². The molecule has 0 aliphatic heterocycles. The molecule has 7 nitrogen and oxygen atoms in total. The molecule has 0 saturated carbocycles. The van der Waals surface area contributed by atoms with Crippen molar-refractivity contribution in [2.75, 3.05) is 13.7 Å². The highest BCUT2D eigenvalue weighted by molar-refractivity contribution is 14.0. The van der Waals surface area contributed by atoms with Gasteiger partial charge in [-0.3, -0.25) is 4.99 Å². The fraction of sp³-hybridized carbons (Fsp3) is 0.571. The van der Waals surface area contributed by atoms with Crippen LogP contribution >= 0.6 is 24.0 Å². The Morgan fingerprint density at radius 2 is 2.00 bits per heavy atom. The summed E-state index contributed by atoms with van der Waals surface area (Å²) in [5.41, 5.74) is 2.32. The summed E-state index contributed by atoms with van der Waals surface area (Å²) < 4.78 is 8.06. The molecule has 0 aliphatic carbocycles. The predicted molar refractivity (Wildman–Crippen MR) is 129 cm³/mol. The van der Waals surface area contributed by atoms with Crippen LogP contribution in [0.25, 0.3) is 0 Å². The summed E-state index contributed by atoms with van der Waals surface area (Å²) >= 11 is 0. The molecule has 162 valence electrons. The summed E-state index contributed by atoms with van der Waals surface area (Å²) in [5, 5.41) is 14.7. The molecule has 0 unspecified atom stereocenters. The second kappa shape index (κ2) is 13.4. The van der Waals surface area contributed by atoms with Gasteiger partial charge in [-0.1, -0.05) is 26.0 Å². The van der Waals surface area contributed by atoms with Crippen LogP contribution in [0.4, 0.5) is 0 Å². The van der Waals surface area contributed by atoms with Crippen molar-refractivity contribution in [3.8, 4) is 5.75 Å². The zero-order chi connectivity index (χ0) is 20.4. The maximum atomic E-state index is 6.06. The third kappa shape index (κ3) is 8.59. The Morgan fingerprint density at radius 3 is 2.69 bits per heavy atom. The highest BCUT2D eigenvalue weighted by atomic mass is 127. The molecule has 0 amide bonds. The third-order valence-corrected chi connectivity index (χ3v) is 4.53. The molecule has 2 aromatic rings. The van der Waals surface area contributed by atoms with Gasteiger partial charge in [-0.05, 0) is 44.2 Å². The number of halogens is 1. The highest BCUT2D eigenvalue weighted by Gasteiger charge is 2.08. The average Bonchev–Trinajstić information content (AvgIpc) is 3.14. The van der Waals surface area contributed by atoms with Gasteiger partial charge >= 0.3 is 0 Å². The molecule has 0 radical (unpaired) electrons. The monoisotopic (exact) mass is 514 g/mol. The Bertz CT molecular complexity index is 759. The number of guanidine groups is 1. The molecule has 0 atom stereocenters. The Kier molecular flexibility index (Phi) is 11.6. The van der Waals surface area contributed by atoms with Crippen LogP contribution in [0.3, 0.4) is 0 Å². The van der Waals surface area contributed by atoms with E-state index in [1.54, 1.807) is 13.4 Å². The standard InChI is InChI=1S/C21H34N6O.HI/c1-6-27-15-25-26-20(27)14-24-21(22-5)23-13-18-10-9-17(4)12-19(18)28-11-7-8-16(2)3;/h9-10,12,15-16H,6-8,11,13-14H2,1-5H3,(H2,22,23,24);1H. The summed E-state index contributed by atoms with van der Waals surface area (Å²) in [6, 6.07) is 6.32. The lowest BCUT2D eigenvalue weighted by molar-refractivity contribution is 0.294. The minimum Gasteiger partial charge on any atom is -0.493 e. The zero-order valence-electron chi connectivity index (χ0n) is 18.2. The van der Waals surface area contributed by atoms with Crippen LogP contribution < -0.4 is 15.4 Å². The van der Waals surface area contributed by atoms with Gasteiger partial charge in [0.2, 0.25) is 0 Å². The van der Waals surface area contributed by atoms with Gasteiger partial charge in [-0.2, -0.15) is 0 Å². The van der Waals surface area contributed by atoms with E-state index in [1.807, 2.05) is 4.57 Å². The number of nitrogens with zero attached hydrogens (tertiary/aromatic N) is 4. The molecule has 8 heteroatoms. The van der Waals surface area contributed by atoms with Gasteiger partial charge in [0.15, 0.2) is 11.8 Å². The Morgan fingerprint density at radius 1 is 1.24 bits per heavy atom. The zero-order valence-corrected chi connectivity index (χ0v) is 20.6. The third-order valence-electron chi connectivity index (χ3n) is 4.53. The summed E-state index contributed by atoms with van der Waals surface area (Å²) in [5.74, 6) is 3.25. The van der Waals surface area contributed by atoms with Crippen LogP contribution in [-0.4, -0.2) is 34.4 Å². The van der Waals surface area contributed by atoms with E-state index in [-0.39, 0.29) is 24.0 Å². The maximum Gasteiger partial charge on any atom is 0.191 e. The molecule has 0 saturated heterocycles. The number of hydrogen-bond acceptors (Lipinski definition) is 4. The number of nitrogens with one attached hydrogen (secondary N) is 2. The summed E-state index contributed by atoms with van der Waals surface area (Å²) in [4.78, 5) is 4.30. The topological polar surface area (TPSA) is 76.4 Å².